The van der Waals surface area contributed by atoms with Crippen LogP contribution < -0.4 is 15.8 Å². The summed E-state index contributed by atoms with van der Waals surface area (Å²) in [4.78, 5) is 15.9. The summed E-state index contributed by atoms with van der Waals surface area (Å²) in [5.74, 6) is 0.835. The highest BCUT2D eigenvalue weighted by Crippen LogP contribution is 2.31. The van der Waals surface area contributed by atoms with Crippen LogP contribution >= 0.6 is 0 Å². The molecule has 1 fully saturated rings. The van der Waals surface area contributed by atoms with Crippen LogP contribution in [-0.2, 0) is 0 Å². The van der Waals surface area contributed by atoms with Crippen LogP contribution in [0.4, 0.5) is 5.82 Å². The number of nitrogens with zero attached hydrogens (tertiary/aromatic N) is 1. The lowest BCUT2D eigenvalue weighted by molar-refractivity contribution is 0.0997. The number of carbonyl (C=O) groups excluding carboxylic acids is 1. The van der Waals surface area contributed by atoms with Crippen molar-refractivity contribution in [3.05, 3.63) is 30.0 Å². The number of rotatable bonds is 4. The lowest BCUT2D eigenvalue weighted by atomic mass is 10.1. The summed E-state index contributed by atoms with van der Waals surface area (Å²) >= 11 is 0. The van der Waals surface area contributed by atoms with Gasteiger partial charge in [-0.15, -0.1) is 0 Å². The van der Waals surface area contributed by atoms with Crippen LogP contribution in [0, 0.1) is 0 Å². The topological polar surface area (TPSA) is 77.2 Å². The fraction of sp³-hybridized carbons (Fsp3) is 0.375. The van der Waals surface area contributed by atoms with E-state index >= 15 is 0 Å². The van der Waals surface area contributed by atoms with Crippen molar-refractivity contribution in [1.29, 1.82) is 0 Å². The number of pyridine rings is 1. The third-order valence-electron chi connectivity index (χ3n) is 4.05. The molecule has 0 unspecified atom stereocenters. The number of fused-ring (bicyclic) bond motifs is 1. The van der Waals surface area contributed by atoms with Gasteiger partial charge in [-0.2, -0.15) is 0 Å². The SMILES string of the molecule is COc1cc2c(NC3CCCC3)nccc2cc1C(N)=O. The van der Waals surface area contributed by atoms with Crippen LogP contribution in [0.2, 0.25) is 0 Å². The molecule has 1 saturated carbocycles. The van der Waals surface area contributed by atoms with E-state index in [1.807, 2.05) is 12.1 Å². The first kappa shape index (κ1) is 13.7. The van der Waals surface area contributed by atoms with Crippen molar-refractivity contribution >= 4 is 22.5 Å². The minimum absolute atomic E-state index is 0.392. The Morgan fingerprint density at radius 3 is 2.81 bits per heavy atom. The van der Waals surface area contributed by atoms with E-state index in [4.69, 9.17) is 10.5 Å². The molecule has 5 heteroatoms. The molecule has 3 rings (SSSR count). The lowest BCUT2D eigenvalue weighted by Crippen LogP contribution is -2.16. The van der Waals surface area contributed by atoms with E-state index in [0.717, 1.165) is 16.6 Å². The summed E-state index contributed by atoms with van der Waals surface area (Å²) in [6, 6.07) is 5.95. The number of amides is 1. The van der Waals surface area contributed by atoms with Crippen LogP contribution in [0.1, 0.15) is 36.0 Å². The highest BCUT2D eigenvalue weighted by molar-refractivity contribution is 6.03. The smallest absolute Gasteiger partial charge is 0.252 e. The maximum Gasteiger partial charge on any atom is 0.252 e. The number of methoxy groups -OCH3 is 1. The fourth-order valence-electron chi connectivity index (χ4n) is 2.94. The zero-order chi connectivity index (χ0) is 14.8. The van der Waals surface area contributed by atoms with Crippen LogP contribution in [0.15, 0.2) is 24.4 Å². The molecule has 2 aromatic rings. The number of nitrogens with two attached hydrogens (primary N) is 1. The van der Waals surface area contributed by atoms with E-state index in [0.29, 0.717) is 17.4 Å². The van der Waals surface area contributed by atoms with Gasteiger partial charge >= 0.3 is 0 Å². The molecule has 0 radical (unpaired) electrons. The van der Waals surface area contributed by atoms with Gasteiger partial charge in [-0.3, -0.25) is 4.79 Å². The summed E-state index contributed by atoms with van der Waals surface area (Å²) in [6.07, 6.45) is 6.62. The molecule has 0 bridgehead atoms. The predicted octanol–water partition coefficient (Wildman–Crippen LogP) is 2.70. The predicted molar refractivity (Wildman–Crippen MR) is 82.7 cm³/mol. The minimum Gasteiger partial charge on any atom is -0.496 e. The normalized spacial score (nSPS) is 15.3. The first-order valence-corrected chi connectivity index (χ1v) is 7.22. The van der Waals surface area contributed by atoms with Crippen LogP contribution in [0.25, 0.3) is 10.8 Å². The first-order valence-electron chi connectivity index (χ1n) is 7.22. The summed E-state index contributed by atoms with van der Waals surface area (Å²) in [7, 11) is 1.54. The molecule has 1 amide bonds. The molecule has 1 aromatic carbocycles. The number of ether oxygens (including phenoxy) is 1. The van der Waals surface area contributed by atoms with Gasteiger partial charge in [-0.1, -0.05) is 12.8 Å². The molecule has 1 aliphatic carbocycles. The largest absolute Gasteiger partial charge is 0.496 e. The second kappa shape index (κ2) is 5.60. The van der Waals surface area contributed by atoms with E-state index < -0.39 is 5.91 Å². The summed E-state index contributed by atoms with van der Waals surface area (Å²) < 4.78 is 5.28. The minimum atomic E-state index is -0.490. The number of anilines is 1. The highest BCUT2D eigenvalue weighted by atomic mass is 16.5. The molecule has 110 valence electrons. The Bertz CT molecular complexity index is 679. The second-order valence-corrected chi connectivity index (χ2v) is 5.42. The number of primary amides is 1. The number of aromatic nitrogens is 1. The third kappa shape index (κ3) is 2.63. The van der Waals surface area contributed by atoms with Crippen molar-refractivity contribution in [3.63, 3.8) is 0 Å². The molecule has 1 aromatic heterocycles. The molecule has 1 heterocycles. The standard InChI is InChI=1S/C16H19N3O2/c1-21-14-9-12-10(8-13(14)15(17)20)6-7-18-16(12)19-11-4-2-3-5-11/h6-9,11H,2-5H2,1H3,(H2,17,20)(H,18,19). The summed E-state index contributed by atoms with van der Waals surface area (Å²) in [5.41, 5.74) is 5.79. The van der Waals surface area contributed by atoms with Gasteiger partial charge in [0.15, 0.2) is 0 Å². The molecule has 3 N–H and O–H groups in total. The molecule has 0 atom stereocenters. The van der Waals surface area contributed by atoms with E-state index in [1.54, 1.807) is 12.3 Å². The fourth-order valence-corrected chi connectivity index (χ4v) is 2.94. The van der Waals surface area contributed by atoms with Gasteiger partial charge in [0.25, 0.3) is 5.91 Å². The number of nitrogens with one attached hydrogen (secondary N) is 1. The van der Waals surface area contributed by atoms with Crippen LogP contribution in [0.5, 0.6) is 5.75 Å². The zero-order valence-corrected chi connectivity index (χ0v) is 12.1. The van der Waals surface area contributed by atoms with Crippen molar-refractivity contribution in [3.8, 4) is 5.75 Å². The Hall–Kier alpha value is -2.30. The lowest BCUT2D eigenvalue weighted by Gasteiger charge is -2.15. The number of hydrogen-bond acceptors (Lipinski definition) is 4. The van der Waals surface area contributed by atoms with E-state index in [2.05, 4.69) is 10.3 Å². The van der Waals surface area contributed by atoms with Gasteiger partial charge in [0.2, 0.25) is 0 Å². The molecule has 0 aliphatic heterocycles. The van der Waals surface area contributed by atoms with Crippen molar-refractivity contribution in [1.82, 2.24) is 4.98 Å². The van der Waals surface area contributed by atoms with Crippen molar-refractivity contribution in [2.45, 2.75) is 31.7 Å². The van der Waals surface area contributed by atoms with Gasteiger partial charge in [-0.05, 0) is 36.4 Å². The Morgan fingerprint density at radius 1 is 1.38 bits per heavy atom. The van der Waals surface area contributed by atoms with Gasteiger partial charge < -0.3 is 15.8 Å². The molecule has 0 spiro atoms. The third-order valence-corrected chi connectivity index (χ3v) is 4.05. The molecule has 0 saturated heterocycles. The summed E-state index contributed by atoms with van der Waals surface area (Å²) in [5, 5.41) is 5.38. The Labute approximate surface area is 123 Å². The zero-order valence-electron chi connectivity index (χ0n) is 12.1. The number of carbonyl (C=O) groups is 1. The van der Waals surface area contributed by atoms with Crippen molar-refractivity contribution < 1.29 is 9.53 Å². The maximum absolute atomic E-state index is 11.5. The van der Waals surface area contributed by atoms with Gasteiger partial charge in [-0.25, -0.2) is 4.98 Å². The van der Waals surface area contributed by atoms with Crippen LogP contribution in [0.3, 0.4) is 0 Å². The molecule has 5 nitrogen and oxygen atoms in total. The van der Waals surface area contributed by atoms with Crippen molar-refractivity contribution in [2.24, 2.45) is 5.73 Å². The van der Waals surface area contributed by atoms with Gasteiger partial charge in [0.1, 0.15) is 11.6 Å². The van der Waals surface area contributed by atoms with Gasteiger partial charge in [0, 0.05) is 17.6 Å². The van der Waals surface area contributed by atoms with Crippen molar-refractivity contribution in [2.75, 3.05) is 12.4 Å². The average Bonchev–Trinajstić information content (AvgIpc) is 2.99. The second-order valence-electron chi connectivity index (χ2n) is 5.42. The monoisotopic (exact) mass is 285 g/mol. The first-order chi connectivity index (χ1) is 10.2. The maximum atomic E-state index is 11.5. The Balaban J connectivity index is 2.06. The Kier molecular flexibility index (Phi) is 3.64. The molecular weight excluding hydrogens is 266 g/mol. The van der Waals surface area contributed by atoms with E-state index in [-0.39, 0.29) is 0 Å². The van der Waals surface area contributed by atoms with Crippen LogP contribution in [-0.4, -0.2) is 24.0 Å². The Morgan fingerprint density at radius 2 is 2.14 bits per heavy atom. The molecular formula is C16H19N3O2. The number of benzene rings is 1. The molecule has 1 aliphatic rings. The quantitative estimate of drug-likeness (QED) is 0.905. The summed E-state index contributed by atoms with van der Waals surface area (Å²) in [6.45, 7) is 0. The van der Waals surface area contributed by atoms with E-state index in [1.165, 1.54) is 32.8 Å². The highest BCUT2D eigenvalue weighted by Gasteiger charge is 2.17. The average molecular weight is 285 g/mol. The van der Waals surface area contributed by atoms with E-state index in [9.17, 15) is 4.79 Å². The van der Waals surface area contributed by atoms with Gasteiger partial charge in [0.05, 0.1) is 12.7 Å². The number of hydrogen-bond donors (Lipinski definition) is 2. The molecule has 21 heavy (non-hydrogen) atoms.